The highest BCUT2D eigenvalue weighted by molar-refractivity contribution is 5.95. The molecule has 3 aliphatic rings. The van der Waals surface area contributed by atoms with E-state index in [2.05, 4.69) is 10.2 Å². The van der Waals surface area contributed by atoms with Gasteiger partial charge in [0.05, 0.1) is 22.7 Å². The second kappa shape index (κ2) is 14.1. The van der Waals surface area contributed by atoms with E-state index in [1.54, 1.807) is 34.1 Å². The largest absolute Gasteiger partial charge is 0.341 e. The monoisotopic (exact) mass is 630 g/mol. The number of benzene rings is 2. The van der Waals surface area contributed by atoms with Gasteiger partial charge in [-0.3, -0.25) is 19.2 Å². The van der Waals surface area contributed by atoms with Crippen LogP contribution in [0.2, 0.25) is 0 Å². The zero-order chi connectivity index (χ0) is 32.2. The van der Waals surface area contributed by atoms with E-state index in [4.69, 9.17) is 5.73 Å². The molecule has 1 atom stereocenters. The maximum Gasteiger partial charge on any atom is 0.272 e. The van der Waals surface area contributed by atoms with Gasteiger partial charge in [-0.25, -0.2) is 9.49 Å². The summed E-state index contributed by atoms with van der Waals surface area (Å²) < 4.78 is 14.9. The fourth-order valence-corrected chi connectivity index (χ4v) is 7.31. The number of nitrogens with one attached hydrogen (secondary N) is 1. The predicted octanol–water partition coefficient (Wildman–Crippen LogP) is 3.47. The van der Waals surface area contributed by atoms with Crippen molar-refractivity contribution in [2.24, 2.45) is 17.6 Å². The highest BCUT2D eigenvalue weighted by atomic mass is 19.1. The molecule has 2 aromatic carbocycles. The van der Waals surface area contributed by atoms with Crippen LogP contribution in [-0.4, -0.2) is 87.9 Å². The van der Waals surface area contributed by atoms with Crippen LogP contribution in [0, 0.1) is 17.7 Å². The average Bonchev–Trinajstić information content (AvgIpc) is 3.10. The van der Waals surface area contributed by atoms with E-state index in [0.29, 0.717) is 74.1 Å². The van der Waals surface area contributed by atoms with Crippen LogP contribution in [0.1, 0.15) is 73.0 Å². The van der Waals surface area contributed by atoms with Crippen molar-refractivity contribution in [1.29, 1.82) is 0 Å². The van der Waals surface area contributed by atoms with Crippen LogP contribution in [0.25, 0.3) is 10.8 Å². The molecule has 3 aromatic rings. The summed E-state index contributed by atoms with van der Waals surface area (Å²) in [4.78, 5) is 57.0. The van der Waals surface area contributed by atoms with E-state index in [9.17, 15) is 23.6 Å². The molecule has 2 aliphatic heterocycles. The minimum absolute atomic E-state index is 0.0180. The van der Waals surface area contributed by atoms with Crippen molar-refractivity contribution >= 4 is 28.5 Å². The van der Waals surface area contributed by atoms with Crippen LogP contribution >= 0.6 is 0 Å². The smallest absolute Gasteiger partial charge is 0.272 e. The van der Waals surface area contributed by atoms with Crippen molar-refractivity contribution in [2.75, 3.05) is 39.3 Å². The zero-order valence-corrected chi connectivity index (χ0v) is 26.3. The highest BCUT2D eigenvalue weighted by Gasteiger charge is 2.33. The minimum Gasteiger partial charge on any atom is -0.341 e. The number of H-pyrrole nitrogens is 1. The first kappa shape index (κ1) is 31.8. The van der Waals surface area contributed by atoms with Gasteiger partial charge in [0.25, 0.3) is 11.5 Å². The number of aromatic amines is 1. The minimum atomic E-state index is -0.601. The molecule has 0 radical (unpaired) electrons. The third kappa shape index (κ3) is 6.99. The molecule has 0 unspecified atom stereocenters. The molecule has 11 heteroatoms. The number of aromatic nitrogens is 2. The lowest BCUT2D eigenvalue weighted by atomic mass is 9.83. The summed E-state index contributed by atoms with van der Waals surface area (Å²) in [6.45, 7) is 2.72. The number of piperazine rings is 1. The molecule has 6 rings (SSSR count). The number of carbonyl (C=O) groups is 3. The fraction of sp³-hybridized carbons (Fsp3) is 0.514. The van der Waals surface area contributed by atoms with E-state index in [-0.39, 0.29) is 34.8 Å². The molecule has 46 heavy (non-hydrogen) atoms. The normalized spacial score (nSPS) is 19.0. The SMILES string of the molecule is N[C@@H](C(=O)N1CCC(CC(=O)N2CCN(C(=O)c3cc(Cc4n[nH]c(=O)c5ccccc45)ccc3F)CC2)CC1)C1CCCCC1. The van der Waals surface area contributed by atoms with Crippen LogP contribution in [0.4, 0.5) is 4.39 Å². The quantitative estimate of drug-likeness (QED) is 0.411. The van der Waals surface area contributed by atoms with Gasteiger partial charge in [0.15, 0.2) is 0 Å². The van der Waals surface area contributed by atoms with Crippen molar-refractivity contribution in [3.63, 3.8) is 0 Å². The topological polar surface area (TPSA) is 133 Å². The summed E-state index contributed by atoms with van der Waals surface area (Å²) in [7, 11) is 0. The van der Waals surface area contributed by atoms with E-state index in [0.717, 1.165) is 38.5 Å². The summed E-state index contributed by atoms with van der Waals surface area (Å²) in [6, 6.07) is 11.2. The first-order valence-electron chi connectivity index (χ1n) is 16.6. The molecule has 10 nitrogen and oxygen atoms in total. The molecular formula is C35H43FN6O4. The Kier molecular flexibility index (Phi) is 9.77. The Morgan fingerprint density at radius 1 is 0.870 bits per heavy atom. The number of amides is 3. The Morgan fingerprint density at radius 2 is 1.54 bits per heavy atom. The van der Waals surface area contributed by atoms with E-state index in [1.807, 2.05) is 17.0 Å². The van der Waals surface area contributed by atoms with Crippen LogP contribution in [-0.2, 0) is 16.0 Å². The number of nitrogens with zero attached hydrogens (tertiary/aromatic N) is 4. The van der Waals surface area contributed by atoms with E-state index in [1.165, 1.54) is 12.5 Å². The number of likely N-dealkylation sites (tertiary alicyclic amines) is 1. The lowest BCUT2D eigenvalue weighted by molar-refractivity contribution is -0.136. The van der Waals surface area contributed by atoms with Crippen LogP contribution in [0.3, 0.4) is 0 Å². The number of rotatable bonds is 7. The molecule has 1 aromatic heterocycles. The number of nitrogens with two attached hydrogens (primary N) is 1. The first-order chi connectivity index (χ1) is 22.3. The molecule has 3 heterocycles. The third-order valence-electron chi connectivity index (χ3n) is 10.2. The van der Waals surface area contributed by atoms with Crippen LogP contribution in [0.15, 0.2) is 47.3 Å². The van der Waals surface area contributed by atoms with Gasteiger partial charge in [0, 0.05) is 57.5 Å². The van der Waals surface area contributed by atoms with Crippen molar-refractivity contribution < 1.29 is 18.8 Å². The standard InChI is InChI=1S/C35H43FN6O4/c36-29-11-10-24(21-30-26-8-4-5-9-27(26)33(44)39-38-30)20-28(29)34(45)42-18-16-40(17-19-42)31(43)22-23-12-14-41(15-13-23)35(46)32(37)25-6-2-1-3-7-25/h4-5,8-11,20,23,25,32H,1-3,6-7,12-19,21-22,37H2,(H,39,44)/t32-/m1/s1. The van der Waals surface area contributed by atoms with Gasteiger partial charge >= 0.3 is 0 Å². The molecule has 2 saturated heterocycles. The number of hydrogen-bond acceptors (Lipinski definition) is 6. The molecule has 1 saturated carbocycles. The van der Waals surface area contributed by atoms with Crippen LogP contribution in [0.5, 0.6) is 0 Å². The van der Waals surface area contributed by atoms with Crippen molar-refractivity contribution in [2.45, 2.75) is 63.8 Å². The molecule has 0 spiro atoms. The van der Waals surface area contributed by atoms with Gasteiger partial charge in [-0.05, 0) is 61.3 Å². The van der Waals surface area contributed by atoms with Gasteiger partial charge in [-0.2, -0.15) is 5.10 Å². The summed E-state index contributed by atoms with van der Waals surface area (Å²) in [5.74, 6) is -0.393. The second-order valence-electron chi connectivity index (χ2n) is 13.1. The lowest BCUT2D eigenvalue weighted by Gasteiger charge is -2.38. The Morgan fingerprint density at radius 3 is 2.26 bits per heavy atom. The Hall–Kier alpha value is -4.12. The van der Waals surface area contributed by atoms with Gasteiger partial charge in [-0.15, -0.1) is 0 Å². The van der Waals surface area contributed by atoms with E-state index >= 15 is 0 Å². The number of hydrogen-bond donors (Lipinski definition) is 2. The van der Waals surface area contributed by atoms with E-state index < -0.39 is 17.8 Å². The number of piperidine rings is 1. The lowest BCUT2D eigenvalue weighted by Crippen LogP contribution is -2.52. The van der Waals surface area contributed by atoms with Gasteiger partial charge in [0.2, 0.25) is 11.8 Å². The molecule has 1 aliphatic carbocycles. The predicted molar refractivity (Wildman–Crippen MR) is 173 cm³/mol. The average molecular weight is 631 g/mol. The van der Waals surface area contributed by atoms with Crippen molar-refractivity contribution in [3.05, 3.63) is 75.5 Å². The molecular weight excluding hydrogens is 587 g/mol. The number of carbonyl (C=O) groups excluding carboxylic acids is 3. The second-order valence-corrected chi connectivity index (χ2v) is 13.1. The maximum absolute atomic E-state index is 14.9. The van der Waals surface area contributed by atoms with Crippen molar-refractivity contribution in [1.82, 2.24) is 24.9 Å². The molecule has 3 fully saturated rings. The summed E-state index contributed by atoms with van der Waals surface area (Å²) in [6.07, 6.45) is 7.91. The molecule has 3 amide bonds. The Labute approximate surface area is 268 Å². The molecule has 244 valence electrons. The first-order valence-corrected chi connectivity index (χ1v) is 16.6. The Balaban J connectivity index is 0.994. The molecule has 3 N–H and O–H groups in total. The summed E-state index contributed by atoms with van der Waals surface area (Å²) >= 11 is 0. The number of halogens is 1. The van der Waals surface area contributed by atoms with Gasteiger partial charge < -0.3 is 20.4 Å². The summed E-state index contributed by atoms with van der Waals surface area (Å²) in [5.41, 5.74) is 7.40. The zero-order valence-electron chi connectivity index (χ0n) is 26.3. The van der Waals surface area contributed by atoms with Crippen molar-refractivity contribution in [3.8, 4) is 0 Å². The Bertz CT molecular complexity index is 1640. The molecule has 0 bridgehead atoms. The fourth-order valence-electron chi connectivity index (χ4n) is 7.31. The van der Waals surface area contributed by atoms with Crippen LogP contribution < -0.4 is 11.3 Å². The highest BCUT2D eigenvalue weighted by Crippen LogP contribution is 2.28. The van der Waals surface area contributed by atoms with Gasteiger partial charge in [-0.1, -0.05) is 43.5 Å². The third-order valence-corrected chi connectivity index (χ3v) is 10.2. The van der Waals surface area contributed by atoms with Gasteiger partial charge in [0.1, 0.15) is 5.82 Å². The summed E-state index contributed by atoms with van der Waals surface area (Å²) in [5, 5.41) is 7.95. The maximum atomic E-state index is 14.9. The number of fused-ring (bicyclic) bond motifs is 1.